The van der Waals surface area contributed by atoms with E-state index in [0.29, 0.717) is 67.5 Å². The van der Waals surface area contributed by atoms with Crippen molar-refractivity contribution in [2.45, 2.75) is 50.1 Å². The Morgan fingerprint density at radius 2 is 1.70 bits per heavy atom. The lowest BCUT2D eigenvalue weighted by atomic mass is 9.85. The van der Waals surface area contributed by atoms with Gasteiger partial charge < -0.3 is 20.0 Å². The van der Waals surface area contributed by atoms with E-state index in [1.165, 1.54) is 19.4 Å². The number of aromatic amines is 1. The number of carbonyl (C=O) groups is 4. The number of H-pyrrole nitrogens is 1. The Labute approximate surface area is 377 Å². The summed E-state index contributed by atoms with van der Waals surface area (Å²) >= 11 is 0. The minimum absolute atomic E-state index is 0.0808. The van der Waals surface area contributed by atoms with Crippen molar-refractivity contribution >= 4 is 62.4 Å². The Morgan fingerprint density at radius 1 is 0.985 bits per heavy atom. The number of ketones is 1. The lowest BCUT2D eigenvalue weighted by molar-refractivity contribution is -0.133. The Kier molecular flexibility index (Phi) is 13.2. The number of piperidine rings is 2. The molecule has 4 N–H and O–H groups in total. The fraction of sp³-hybridized carbons (Fsp3) is 0.386. The van der Waals surface area contributed by atoms with Crippen LogP contribution in [-0.4, -0.2) is 144 Å². The zero-order chi connectivity index (χ0) is 46.9. The Morgan fingerprint density at radius 3 is 2.36 bits per heavy atom. The second kappa shape index (κ2) is 18.9. The maximum Gasteiger partial charge on any atom is 0.301 e. The molecule has 3 aliphatic heterocycles. The normalized spacial score (nSPS) is 20.0. The molecule has 348 valence electrons. The summed E-state index contributed by atoms with van der Waals surface area (Å²) in [5.74, 6) is -8.05. The highest BCUT2D eigenvalue weighted by Crippen LogP contribution is 2.41. The summed E-state index contributed by atoms with van der Waals surface area (Å²) in [6.45, 7) is 3.72. The van der Waals surface area contributed by atoms with Crippen LogP contribution in [0.4, 0.5) is 34.9 Å². The van der Waals surface area contributed by atoms with E-state index in [1.807, 2.05) is 4.90 Å². The summed E-state index contributed by atoms with van der Waals surface area (Å²) in [6, 6.07) is 8.54. The molecule has 0 radical (unpaired) electrons. The van der Waals surface area contributed by atoms with Crippen LogP contribution in [0, 0.1) is 11.6 Å². The Bertz CT molecular complexity index is 2750. The lowest BCUT2D eigenvalue weighted by Crippen LogP contribution is -2.56. The first-order chi connectivity index (χ1) is 31.5. The smallest absolute Gasteiger partial charge is 0.301 e. The van der Waals surface area contributed by atoms with Crippen LogP contribution in [0.5, 0.6) is 0 Å². The van der Waals surface area contributed by atoms with E-state index in [4.69, 9.17) is 0 Å². The molecule has 3 atom stereocenters. The van der Waals surface area contributed by atoms with Crippen LogP contribution in [-0.2, 0) is 24.6 Å². The van der Waals surface area contributed by atoms with Crippen LogP contribution < -0.4 is 20.3 Å². The van der Waals surface area contributed by atoms with Gasteiger partial charge in [0, 0.05) is 105 Å². The van der Waals surface area contributed by atoms with Crippen molar-refractivity contribution in [1.29, 1.82) is 0 Å². The third-order valence-corrected chi connectivity index (χ3v) is 14.0. The maximum atomic E-state index is 15.7. The van der Waals surface area contributed by atoms with Gasteiger partial charge in [-0.1, -0.05) is 19.1 Å². The molecule has 3 aromatic heterocycles. The quantitative estimate of drug-likeness (QED) is 0.0505. The highest BCUT2D eigenvalue weighted by molar-refractivity contribution is 7.90. The number of nitrogens with zero attached hydrogens (tertiary/aromatic N) is 7. The Hall–Kier alpha value is -6.36. The Balaban J connectivity index is 0.862. The van der Waals surface area contributed by atoms with Gasteiger partial charge in [0.05, 0.1) is 29.8 Å². The van der Waals surface area contributed by atoms with Crippen molar-refractivity contribution in [3.05, 3.63) is 95.6 Å². The van der Waals surface area contributed by atoms with E-state index in [0.717, 1.165) is 22.7 Å². The van der Waals surface area contributed by atoms with Crippen LogP contribution in [0.2, 0.25) is 0 Å². The number of fused-ring (bicyclic) bond motifs is 1. The molecular weight excluding hydrogens is 887 g/mol. The molecule has 3 unspecified atom stereocenters. The van der Waals surface area contributed by atoms with Crippen molar-refractivity contribution in [2.75, 3.05) is 74.3 Å². The van der Waals surface area contributed by atoms with Crippen molar-refractivity contribution in [1.82, 2.24) is 39.4 Å². The van der Waals surface area contributed by atoms with E-state index in [9.17, 15) is 27.6 Å². The van der Waals surface area contributed by atoms with Crippen molar-refractivity contribution in [3.63, 3.8) is 0 Å². The number of hydrogen-bond acceptors (Lipinski definition) is 13. The van der Waals surface area contributed by atoms with Crippen LogP contribution in [0.15, 0.2) is 67.3 Å². The monoisotopic (exact) mass is 933 g/mol. The van der Waals surface area contributed by atoms with Gasteiger partial charge in [-0.15, -0.1) is 0 Å². The second-order valence-electron chi connectivity index (χ2n) is 16.6. The first-order valence-electron chi connectivity index (χ1n) is 21.4. The molecule has 22 heteroatoms. The van der Waals surface area contributed by atoms with Crippen molar-refractivity contribution in [2.24, 2.45) is 0 Å². The van der Waals surface area contributed by atoms with Gasteiger partial charge in [-0.2, -0.15) is 12.7 Å². The SMILES string of the molecule is CCN(C)S(=O)(=O)Nc1ccc(F)c(C(=O)c2c[nH]c3ncc(-c4cnc(N5CCN(CC(C=O)N6CCC(c7ccc(NC8CCC(=O)NC8=O)cc7)C(F)(F)C6)CC5)nc4)cc23)c1F. The standard InChI is InChI=1S/C44H47F4N11O6S/c1-3-56(2)66(64,65)55-35-9-8-34(45)38(39(35)46)40(62)32-22-50-41-31(32)18-27(19-49-41)28-20-51-43(52-21-28)58-16-14-57(15-17-58)23-30(24-60)59-13-12-33(44(47,48)25-59)26-4-6-29(7-5-26)53-36-10-11-37(61)54-42(36)63/h4-9,18-22,24,30,33,36,53,55H,3,10-17,23,25H2,1-2H3,(H,49,50)(H,54,61,63). The van der Waals surface area contributed by atoms with Gasteiger partial charge >= 0.3 is 10.2 Å². The zero-order valence-corrected chi connectivity index (χ0v) is 36.8. The van der Waals surface area contributed by atoms with Crippen molar-refractivity contribution < 1.29 is 45.2 Å². The number of anilines is 3. The number of halogens is 4. The van der Waals surface area contributed by atoms with Crippen LogP contribution >= 0.6 is 0 Å². The van der Waals surface area contributed by atoms with E-state index >= 15 is 17.6 Å². The van der Waals surface area contributed by atoms with Gasteiger partial charge in [0.2, 0.25) is 23.5 Å². The number of hydrogen-bond donors (Lipinski definition) is 4. The molecule has 2 aromatic carbocycles. The summed E-state index contributed by atoms with van der Waals surface area (Å²) in [6.07, 6.45) is 7.38. The number of nitrogens with one attached hydrogen (secondary N) is 4. The highest BCUT2D eigenvalue weighted by atomic mass is 32.2. The fourth-order valence-corrected chi connectivity index (χ4v) is 9.42. The second-order valence-corrected chi connectivity index (χ2v) is 18.3. The summed E-state index contributed by atoms with van der Waals surface area (Å²) < 4.78 is 90.2. The average Bonchev–Trinajstić information content (AvgIpc) is 3.73. The van der Waals surface area contributed by atoms with Gasteiger partial charge in [0.15, 0.2) is 5.82 Å². The molecule has 2 amide bonds. The third kappa shape index (κ3) is 9.62. The van der Waals surface area contributed by atoms with E-state index in [1.54, 1.807) is 54.5 Å². The fourth-order valence-electron chi connectivity index (χ4n) is 8.49. The molecule has 0 aliphatic carbocycles. The number of aromatic nitrogens is 4. The molecular formula is C44H47F4N11O6S. The number of piperazine rings is 1. The molecule has 8 rings (SSSR count). The number of amides is 2. The van der Waals surface area contributed by atoms with Gasteiger partial charge in [-0.3, -0.25) is 34.2 Å². The first-order valence-corrected chi connectivity index (χ1v) is 22.8. The molecule has 0 saturated carbocycles. The molecule has 3 saturated heterocycles. The van der Waals surface area contributed by atoms with Crippen LogP contribution in [0.3, 0.4) is 0 Å². The molecule has 66 heavy (non-hydrogen) atoms. The highest BCUT2D eigenvalue weighted by Gasteiger charge is 2.47. The molecule has 6 heterocycles. The van der Waals surface area contributed by atoms with Gasteiger partial charge in [-0.05, 0) is 55.3 Å². The summed E-state index contributed by atoms with van der Waals surface area (Å²) in [4.78, 5) is 71.4. The number of pyridine rings is 1. The molecule has 17 nitrogen and oxygen atoms in total. The number of rotatable bonds is 15. The molecule has 3 aliphatic rings. The number of likely N-dealkylation sites (tertiary alicyclic amines) is 1. The number of aldehydes is 1. The van der Waals surface area contributed by atoms with Crippen LogP contribution in [0.25, 0.3) is 22.2 Å². The molecule has 0 spiro atoms. The molecule has 0 bridgehead atoms. The third-order valence-electron chi connectivity index (χ3n) is 12.4. The number of carbonyl (C=O) groups excluding carboxylic acids is 4. The summed E-state index contributed by atoms with van der Waals surface area (Å²) in [5.41, 5.74) is 0.716. The summed E-state index contributed by atoms with van der Waals surface area (Å²) in [7, 11) is -2.90. The van der Waals surface area contributed by atoms with E-state index in [2.05, 4.69) is 40.2 Å². The number of benzene rings is 2. The zero-order valence-electron chi connectivity index (χ0n) is 35.9. The number of alkyl halides is 2. The lowest BCUT2D eigenvalue weighted by Gasteiger charge is -2.43. The minimum atomic E-state index is -4.18. The predicted molar refractivity (Wildman–Crippen MR) is 236 cm³/mol. The van der Waals surface area contributed by atoms with Crippen molar-refractivity contribution in [3.8, 4) is 11.1 Å². The first kappa shape index (κ1) is 46.2. The minimum Gasteiger partial charge on any atom is -0.374 e. The maximum absolute atomic E-state index is 15.7. The average molecular weight is 934 g/mol. The number of imide groups is 1. The predicted octanol–water partition coefficient (Wildman–Crippen LogP) is 4.17. The molecule has 5 aromatic rings. The van der Waals surface area contributed by atoms with Crippen LogP contribution in [0.1, 0.15) is 53.6 Å². The molecule has 3 fully saturated rings. The topological polar surface area (TPSA) is 206 Å². The largest absolute Gasteiger partial charge is 0.374 e. The van der Waals surface area contributed by atoms with Gasteiger partial charge in [0.1, 0.15) is 23.8 Å². The van der Waals surface area contributed by atoms with E-state index < -0.39 is 75.3 Å². The van der Waals surface area contributed by atoms with Gasteiger partial charge in [0.25, 0.3) is 5.92 Å². The van der Waals surface area contributed by atoms with Gasteiger partial charge in [-0.25, -0.2) is 32.5 Å². The van der Waals surface area contributed by atoms with E-state index in [-0.39, 0.29) is 48.4 Å². The summed E-state index contributed by atoms with van der Waals surface area (Å²) in [5, 5.41) is 5.60.